The molecule has 0 spiro atoms. The number of alkyl halides is 1. The van der Waals surface area contributed by atoms with Crippen LogP contribution in [0.25, 0.3) is 22.3 Å². The average molecular weight is 392 g/mol. The summed E-state index contributed by atoms with van der Waals surface area (Å²) >= 11 is 0. The second-order valence-electron chi connectivity index (χ2n) is 6.93. The van der Waals surface area contributed by atoms with Crippen molar-refractivity contribution in [3.8, 4) is 11.4 Å². The quantitative estimate of drug-likeness (QED) is 0.489. The summed E-state index contributed by atoms with van der Waals surface area (Å²) in [6.45, 7) is 0.827. The number of halogens is 2. The number of anilines is 2. The summed E-state index contributed by atoms with van der Waals surface area (Å²) in [5, 5.41) is 14.4. The van der Waals surface area contributed by atoms with E-state index in [9.17, 15) is 8.78 Å². The first-order valence-electron chi connectivity index (χ1n) is 9.38. The van der Waals surface area contributed by atoms with E-state index in [4.69, 9.17) is 9.97 Å². The average Bonchev–Trinajstić information content (AvgIpc) is 3.15. The van der Waals surface area contributed by atoms with Gasteiger partial charge in [0.25, 0.3) is 0 Å². The fourth-order valence-electron chi connectivity index (χ4n) is 3.62. The van der Waals surface area contributed by atoms with Crippen molar-refractivity contribution < 1.29 is 8.78 Å². The second-order valence-corrected chi connectivity index (χ2v) is 6.93. The van der Waals surface area contributed by atoms with E-state index < -0.39 is 6.67 Å². The molecule has 0 bridgehead atoms. The van der Waals surface area contributed by atoms with E-state index in [1.807, 2.05) is 12.1 Å². The van der Waals surface area contributed by atoms with Crippen molar-refractivity contribution in [1.29, 1.82) is 0 Å². The molecule has 0 saturated heterocycles. The van der Waals surface area contributed by atoms with Gasteiger partial charge < -0.3 is 10.6 Å². The van der Waals surface area contributed by atoms with Crippen LogP contribution in [0.5, 0.6) is 0 Å². The molecule has 146 valence electrons. The van der Waals surface area contributed by atoms with E-state index in [-0.39, 0.29) is 5.82 Å². The lowest BCUT2D eigenvalue weighted by Gasteiger charge is -2.20. The number of benzene rings is 2. The standard InChI is InChI=1S/C21H18F2N6/c22-10-12-3-1-2-4-14(12)19-25-17-7-8-24-11-16(17)20(26-19)27-21-15-9-13(23)5-6-18(15)28-29-21/h1-6,9,24H,7-8,10-11H2,(H2,25,26,27,28,29). The van der Waals surface area contributed by atoms with Crippen molar-refractivity contribution in [2.75, 3.05) is 11.9 Å². The van der Waals surface area contributed by atoms with Crippen molar-refractivity contribution >= 4 is 22.5 Å². The van der Waals surface area contributed by atoms with Crippen LogP contribution in [-0.2, 0) is 19.6 Å². The smallest absolute Gasteiger partial charge is 0.162 e. The molecule has 8 heteroatoms. The van der Waals surface area contributed by atoms with Crippen LogP contribution in [0.3, 0.4) is 0 Å². The normalized spacial score (nSPS) is 13.4. The Morgan fingerprint density at radius 1 is 1.07 bits per heavy atom. The van der Waals surface area contributed by atoms with Gasteiger partial charge in [-0.1, -0.05) is 24.3 Å². The highest BCUT2D eigenvalue weighted by Crippen LogP contribution is 2.30. The summed E-state index contributed by atoms with van der Waals surface area (Å²) in [4.78, 5) is 9.40. The van der Waals surface area contributed by atoms with Crippen molar-refractivity contribution in [3.63, 3.8) is 0 Å². The van der Waals surface area contributed by atoms with Gasteiger partial charge in [0.1, 0.15) is 18.3 Å². The number of hydrogen-bond donors (Lipinski definition) is 3. The van der Waals surface area contributed by atoms with E-state index in [2.05, 4.69) is 20.8 Å². The molecule has 3 N–H and O–H groups in total. The maximum absolute atomic E-state index is 13.7. The van der Waals surface area contributed by atoms with Crippen LogP contribution < -0.4 is 10.6 Å². The lowest BCUT2D eigenvalue weighted by molar-refractivity contribution is 0.486. The third kappa shape index (κ3) is 3.21. The molecule has 6 nitrogen and oxygen atoms in total. The van der Waals surface area contributed by atoms with Gasteiger partial charge in [0, 0.05) is 36.0 Å². The summed E-state index contributed by atoms with van der Waals surface area (Å²) in [6.07, 6.45) is 0.743. The molecule has 29 heavy (non-hydrogen) atoms. The number of nitrogens with zero attached hydrogens (tertiary/aromatic N) is 3. The molecule has 5 rings (SSSR count). The first kappa shape index (κ1) is 17.7. The summed E-state index contributed by atoms with van der Waals surface area (Å²) in [5.74, 6) is 1.19. The highest BCUT2D eigenvalue weighted by molar-refractivity contribution is 5.91. The fourth-order valence-corrected chi connectivity index (χ4v) is 3.62. The third-order valence-corrected chi connectivity index (χ3v) is 5.10. The Balaban J connectivity index is 1.64. The Labute approximate surface area is 165 Å². The lowest BCUT2D eigenvalue weighted by atomic mass is 10.0. The molecule has 2 aromatic carbocycles. The van der Waals surface area contributed by atoms with E-state index in [1.165, 1.54) is 12.1 Å². The topological polar surface area (TPSA) is 78.5 Å². The minimum atomic E-state index is -0.593. The molecule has 1 aliphatic rings. The van der Waals surface area contributed by atoms with E-state index >= 15 is 0 Å². The van der Waals surface area contributed by atoms with Gasteiger partial charge >= 0.3 is 0 Å². The minimum Gasteiger partial charge on any atom is -0.323 e. The number of fused-ring (bicyclic) bond motifs is 2. The monoisotopic (exact) mass is 392 g/mol. The summed E-state index contributed by atoms with van der Waals surface area (Å²) in [6, 6.07) is 11.6. The maximum atomic E-state index is 13.7. The fraction of sp³-hybridized carbons (Fsp3) is 0.190. The summed E-state index contributed by atoms with van der Waals surface area (Å²) in [5.41, 5.74) is 3.77. The predicted octanol–water partition coefficient (Wildman–Crippen LogP) is 4.02. The molecule has 0 unspecified atom stereocenters. The maximum Gasteiger partial charge on any atom is 0.162 e. The van der Waals surface area contributed by atoms with Crippen LogP contribution in [0, 0.1) is 5.82 Å². The first-order valence-corrected chi connectivity index (χ1v) is 9.38. The van der Waals surface area contributed by atoms with Gasteiger partial charge in [-0.15, -0.1) is 0 Å². The zero-order valence-electron chi connectivity index (χ0n) is 15.5. The minimum absolute atomic E-state index is 0.342. The largest absolute Gasteiger partial charge is 0.323 e. The molecule has 0 radical (unpaired) electrons. The number of aromatic amines is 1. The molecular formula is C21H18F2N6. The molecule has 0 amide bonds. The van der Waals surface area contributed by atoms with Crippen LogP contribution in [0.2, 0.25) is 0 Å². The zero-order chi connectivity index (χ0) is 19.8. The Kier molecular flexibility index (Phi) is 4.40. The van der Waals surface area contributed by atoms with Crippen LogP contribution in [0.15, 0.2) is 42.5 Å². The van der Waals surface area contributed by atoms with Gasteiger partial charge in [-0.2, -0.15) is 5.10 Å². The van der Waals surface area contributed by atoms with Gasteiger partial charge in [0.2, 0.25) is 0 Å². The third-order valence-electron chi connectivity index (χ3n) is 5.10. The Bertz CT molecular complexity index is 1200. The van der Waals surface area contributed by atoms with Gasteiger partial charge in [-0.25, -0.2) is 18.7 Å². The molecule has 0 aliphatic carbocycles. The van der Waals surface area contributed by atoms with Crippen molar-refractivity contribution in [2.45, 2.75) is 19.6 Å². The van der Waals surface area contributed by atoms with Gasteiger partial charge in [-0.05, 0) is 23.8 Å². The second kappa shape index (κ2) is 7.21. The van der Waals surface area contributed by atoms with Gasteiger partial charge in [-0.3, -0.25) is 5.10 Å². The molecule has 0 atom stereocenters. The SMILES string of the molecule is FCc1ccccc1-c1nc2c(c(Nc3n[nH]c4ccc(F)cc34)n1)CNCC2. The number of aromatic nitrogens is 4. The number of hydrogen-bond acceptors (Lipinski definition) is 5. The number of H-pyrrole nitrogens is 1. The highest BCUT2D eigenvalue weighted by Gasteiger charge is 2.20. The van der Waals surface area contributed by atoms with Crippen LogP contribution in [-0.4, -0.2) is 26.7 Å². The van der Waals surface area contributed by atoms with Gasteiger partial charge in [0.15, 0.2) is 11.6 Å². The first-order chi connectivity index (χ1) is 14.2. The van der Waals surface area contributed by atoms with Crippen LogP contribution >= 0.6 is 0 Å². The molecule has 2 aromatic heterocycles. The Morgan fingerprint density at radius 2 is 1.97 bits per heavy atom. The van der Waals surface area contributed by atoms with Crippen molar-refractivity contribution in [3.05, 3.63) is 65.1 Å². The molecule has 1 aliphatic heterocycles. The van der Waals surface area contributed by atoms with Crippen LogP contribution in [0.4, 0.5) is 20.4 Å². The van der Waals surface area contributed by atoms with Crippen LogP contribution in [0.1, 0.15) is 16.8 Å². The number of nitrogens with one attached hydrogen (secondary N) is 3. The Morgan fingerprint density at radius 3 is 2.86 bits per heavy atom. The molecule has 0 saturated carbocycles. The molecule has 4 aromatic rings. The Hall–Kier alpha value is -3.39. The summed E-state index contributed by atoms with van der Waals surface area (Å²) < 4.78 is 27.2. The van der Waals surface area contributed by atoms with Crippen molar-refractivity contribution in [1.82, 2.24) is 25.5 Å². The van der Waals surface area contributed by atoms with Gasteiger partial charge in [0.05, 0.1) is 11.2 Å². The summed E-state index contributed by atoms with van der Waals surface area (Å²) in [7, 11) is 0. The molecule has 3 heterocycles. The van der Waals surface area contributed by atoms with Crippen molar-refractivity contribution in [2.24, 2.45) is 0 Å². The van der Waals surface area contributed by atoms with E-state index in [0.717, 1.165) is 29.7 Å². The highest BCUT2D eigenvalue weighted by atomic mass is 19.1. The lowest BCUT2D eigenvalue weighted by Crippen LogP contribution is -2.26. The van der Waals surface area contributed by atoms with E-state index in [0.29, 0.717) is 40.5 Å². The molecular weight excluding hydrogens is 374 g/mol. The molecule has 0 fully saturated rings. The predicted molar refractivity (Wildman–Crippen MR) is 107 cm³/mol. The number of rotatable bonds is 4. The zero-order valence-corrected chi connectivity index (χ0v) is 15.5. The van der Waals surface area contributed by atoms with E-state index in [1.54, 1.807) is 18.2 Å².